The van der Waals surface area contributed by atoms with Crippen LogP contribution in [0.15, 0.2) is 50.6 Å². The van der Waals surface area contributed by atoms with Gasteiger partial charge in [0.15, 0.2) is 0 Å². The van der Waals surface area contributed by atoms with Crippen molar-refractivity contribution in [3.63, 3.8) is 0 Å². The average molecular weight is 402 g/mol. The van der Waals surface area contributed by atoms with Crippen molar-refractivity contribution in [1.82, 2.24) is 0 Å². The van der Waals surface area contributed by atoms with Crippen LogP contribution in [-0.2, 0) is 9.53 Å². The number of hydrogen-bond acceptors (Lipinski definition) is 3. The molecule has 2 rings (SSSR count). The standard InChI is InChI=1S/C16H26O2.C10H17N/c1-6-12-10-13(7-2)14(11-12)8-9-15(17)18-16(3,4)5;1-3-8-5-9(4-2)10(6-8)7-11/h6-7,12-14H,1-2,8-11H2,3-5H3;3-4,8-10H,1-2,5-7,11H2. The predicted molar refractivity (Wildman–Crippen MR) is 124 cm³/mol. The molecule has 2 N–H and O–H groups in total. The van der Waals surface area contributed by atoms with Gasteiger partial charge in [0, 0.05) is 6.42 Å². The number of esters is 1. The number of carbonyl (C=O) groups excluding carboxylic acids is 1. The molecule has 2 aliphatic rings. The highest BCUT2D eigenvalue weighted by atomic mass is 16.6. The second-order valence-electron chi connectivity index (χ2n) is 9.61. The SMILES string of the molecule is C=CC1CC(C=C)C(CCC(=O)OC(C)(C)C)C1.C=CC1CC(C=C)C(CN)C1. The van der Waals surface area contributed by atoms with Crippen LogP contribution < -0.4 is 5.73 Å². The van der Waals surface area contributed by atoms with Crippen molar-refractivity contribution in [2.24, 2.45) is 41.2 Å². The van der Waals surface area contributed by atoms with Gasteiger partial charge in [0.05, 0.1) is 0 Å². The van der Waals surface area contributed by atoms with Gasteiger partial charge in [-0.1, -0.05) is 24.3 Å². The highest BCUT2D eigenvalue weighted by molar-refractivity contribution is 5.69. The molecule has 2 aliphatic carbocycles. The third kappa shape index (κ3) is 8.74. The lowest BCUT2D eigenvalue weighted by Crippen LogP contribution is -2.24. The minimum Gasteiger partial charge on any atom is -0.460 e. The van der Waals surface area contributed by atoms with Crippen LogP contribution in [0.2, 0.25) is 0 Å². The fraction of sp³-hybridized carbons (Fsp3) is 0.654. The first-order valence-corrected chi connectivity index (χ1v) is 11.1. The van der Waals surface area contributed by atoms with E-state index in [0.29, 0.717) is 41.9 Å². The predicted octanol–water partition coefficient (Wildman–Crippen LogP) is 6.08. The van der Waals surface area contributed by atoms with Crippen molar-refractivity contribution >= 4 is 5.97 Å². The van der Waals surface area contributed by atoms with Crippen LogP contribution in [0.4, 0.5) is 0 Å². The lowest BCUT2D eigenvalue weighted by molar-refractivity contribution is -0.155. The van der Waals surface area contributed by atoms with E-state index in [1.54, 1.807) is 0 Å². The Balaban J connectivity index is 0.000000326. The van der Waals surface area contributed by atoms with Crippen molar-refractivity contribution in [2.75, 3.05) is 6.54 Å². The second kappa shape index (κ2) is 12.2. The molecular formula is C26H43NO2. The van der Waals surface area contributed by atoms with E-state index < -0.39 is 0 Å². The van der Waals surface area contributed by atoms with E-state index in [1.165, 1.54) is 12.8 Å². The first kappa shape index (κ1) is 25.4. The Morgan fingerprint density at radius 3 is 1.76 bits per heavy atom. The summed E-state index contributed by atoms with van der Waals surface area (Å²) in [7, 11) is 0. The van der Waals surface area contributed by atoms with E-state index in [9.17, 15) is 4.79 Å². The normalized spacial score (nSPS) is 31.3. The zero-order chi connectivity index (χ0) is 22.0. The summed E-state index contributed by atoms with van der Waals surface area (Å²) in [4.78, 5) is 11.7. The largest absolute Gasteiger partial charge is 0.460 e. The minimum absolute atomic E-state index is 0.0904. The summed E-state index contributed by atoms with van der Waals surface area (Å²) in [6.07, 6.45) is 14.2. The van der Waals surface area contributed by atoms with E-state index in [0.717, 1.165) is 25.8 Å². The summed E-state index contributed by atoms with van der Waals surface area (Å²) in [5.41, 5.74) is 5.25. The summed E-state index contributed by atoms with van der Waals surface area (Å²) in [5.74, 6) is 3.52. The van der Waals surface area contributed by atoms with Gasteiger partial charge in [-0.3, -0.25) is 4.79 Å². The number of ether oxygens (including phenoxy) is 1. The smallest absolute Gasteiger partial charge is 0.306 e. The summed E-state index contributed by atoms with van der Waals surface area (Å²) in [6, 6.07) is 0. The Morgan fingerprint density at radius 1 is 0.897 bits per heavy atom. The van der Waals surface area contributed by atoms with Gasteiger partial charge in [-0.25, -0.2) is 0 Å². The second-order valence-corrected chi connectivity index (χ2v) is 9.61. The van der Waals surface area contributed by atoms with Gasteiger partial charge in [-0.05, 0) is 94.9 Å². The maximum Gasteiger partial charge on any atom is 0.306 e. The molecule has 6 atom stereocenters. The third-order valence-electron chi connectivity index (χ3n) is 6.29. The molecule has 0 bridgehead atoms. The van der Waals surface area contributed by atoms with Crippen molar-refractivity contribution in [2.45, 2.75) is 64.9 Å². The van der Waals surface area contributed by atoms with Gasteiger partial charge in [0.2, 0.25) is 0 Å². The van der Waals surface area contributed by atoms with Gasteiger partial charge < -0.3 is 10.5 Å². The van der Waals surface area contributed by atoms with Crippen LogP contribution in [0, 0.1) is 35.5 Å². The molecule has 6 unspecified atom stereocenters. The van der Waals surface area contributed by atoms with E-state index in [-0.39, 0.29) is 11.6 Å². The lowest BCUT2D eigenvalue weighted by atomic mass is 9.92. The van der Waals surface area contributed by atoms with Gasteiger partial charge in [0.1, 0.15) is 5.60 Å². The van der Waals surface area contributed by atoms with E-state index in [4.69, 9.17) is 10.5 Å². The molecule has 0 aliphatic heterocycles. The van der Waals surface area contributed by atoms with Crippen molar-refractivity contribution in [3.05, 3.63) is 50.6 Å². The number of hydrogen-bond donors (Lipinski definition) is 1. The zero-order valence-corrected chi connectivity index (χ0v) is 18.9. The Hall–Kier alpha value is -1.61. The van der Waals surface area contributed by atoms with Crippen LogP contribution in [-0.4, -0.2) is 18.1 Å². The molecule has 0 aromatic heterocycles. The molecule has 164 valence electrons. The molecule has 0 aromatic carbocycles. The highest BCUT2D eigenvalue weighted by Crippen LogP contribution is 2.40. The van der Waals surface area contributed by atoms with Crippen LogP contribution in [0.5, 0.6) is 0 Å². The Labute approximate surface area is 179 Å². The molecule has 0 spiro atoms. The number of carbonyl (C=O) groups is 1. The summed E-state index contributed by atoms with van der Waals surface area (Å²) < 4.78 is 5.33. The van der Waals surface area contributed by atoms with Gasteiger partial charge in [0.25, 0.3) is 0 Å². The van der Waals surface area contributed by atoms with Crippen molar-refractivity contribution in [1.29, 1.82) is 0 Å². The Morgan fingerprint density at radius 2 is 1.38 bits per heavy atom. The summed E-state index contributed by atoms with van der Waals surface area (Å²) in [5, 5.41) is 0. The lowest BCUT2D eigenvalue weighted by Gasteiger charge is -2.21. The molecule has 0 radical (unpaired) electrons. The Kier molecular flexibility index (Phi) is 10.7. The molecule has 3 heteroatoms. The quantitative estimate of drug-likeness (QED) is 0.396. The van der Waals surface area contributed by atoms with E-state index in [2.05, 4.69) is 26.3 Å². The van der Waals surface area contributed by atoms with E-state index in [1.807, 2.05) is 45.1 Å². The van der Waals surface area contributed by atoms with Crippen LogP contribution in [0.3, 0.4) is 0 Å². The van der Waals surface area contributed by atoms with Crippen LogP contribution in [0.1, 0.15) is 59.3 Å². The van der Waals surface area contributed by atoms with E-state index >= 15 is 0 Å². The third-order valence-corrected chi connectivity index (χ3v) is 6.29. The number of nitrogens with two attached hydrogens (primary N) is 1. The maximum atomic E-state index is 11.7. The minimum atomic E-state index is -0.381. The molecule has 3 nitrogen and oxygen atoms in total. The van der Waals surface area contributed by atoms with Crippen LogP contribution in [0.25, 0.3) is 0 Å². The maximum absolute atomic E-state index is 11.7. The number of rotatable bonds is 8. The molecule has 2 saturated carbocycles. The fourth-order valence-corrected chi connectivity index (χ4v) is 4.66. The van der Waals surface area contributed by atoms with Crippen molar-refractivity contribution in [3.8, 4) is 0 Å². The molecule has 2 fully saturated rings. The number of allylic oxidation sites excluding steroid dienone is 4. The van der Waals surface area contributed by atoms with Crippen LogP contribution >= 0.6 is 0 Å². The monoisotopic (exact) mass is 401 g/mol. The highest BCUT2D eigenvalue weighted by Gasteiger charge is 2.31. The van der Waals surface area contributed by atoms with Gasteiger partial charge in [-0.15, -0.1) is 26.3 Å². The first-order valence-electron chi connectivity index (χ1n) is 11.1. The fourth-order valence-electron chi connectivity index (χ4n) is 4.66. The van der Waals surface area contributed by atoms with Crippen molar-refractivity contribution < 1.29 is 9.53 Å². The average Bonchev–Trinajstić information content (AvgIpc) is 3.28. The molecule has 0 saturated heterocycles. The topological polar surface area (TPSA) is 52.3 Å². The molecule has 29 heavy (non-hydrogen) atoms. The molecule has 0 heterocycles. The van der Waals surface area contributed by atoms with Gasteiger partial charge >= 0.3 is 5.97 Å². The molecule has 0 amide bonds. The Bertz CT molecular complexity index is 560. The molecular weight excluding hydrogens is 358 g/mol. The van der Waals surface area contributed by atoms with Gasteiger partial charge in [-0.2, -0.15) is 0 Å². The summed E-state index contributed by atoms with van der Waals surface area (Å²) >= 11 is 0. The zero-order valence-electron chi connectivity index (χ0n) is 18.9. The summed E-state index contributed by atoms with van der Waals surface area (Å²) in [6.45, 7) is 21.9. The first-order chi connectivity index (χ1) is 13.7. The molecule has 0 aromatic rings.